The molecule has 0 aromatic heterocycles. The van der Waals surface area contributed by atoms with Gasteiger partial charge in [-0.3, -0.25) is 0 Å². The van der Waals surface area contributed by atoms with E-state index in [9.17, 15) is 13.2 Å². The van der Waals surface area contributed by atoms with Crippen molar-refractivity contribution in [1.82, 2.24) is 0 Å². The zero-order chi connectivity index (χ0) is 10.8. The number of hydrogen-bond acceptors (Lipinski definition) is 2. The third-order valence-electron chi connectivity index (χ3n) is 1.77. The molecule has 0 aliphatic rings. The minimum atomic E-state index is -4.43. The van der Waals surface area contributed by atoms with Crippen LogP contribution in [-0.4, -0.2) is 10.9 Å². The quantitative estimate of drug-likeness (QED) is 0.425. The Kier molecular flexibility index (Phi) is 2.78. The van der Waals surface area contributed by atoms with Gasteiger partial charge in [-0.1, -0.05) is 23.4 Å². The predicted octanol–water partition coefficient (Wildman–Crippen LogP) is 2.90. The minimum absolute atomic E-state index is 0.0575. The molecule has 0 spiro atoms. The Hall–Kier alpha value is -1.52. The number of nitrogens with zero attached hydrogens (tertiary/aromatic N) is 1. The summed E-state index contributed by atoms with van der Waals surface area (Å²) >= 11 is 0. The Morgan fingerprint density at radius 3 is 2.36 bits per heavy atom. The molecule has 0 atom stereocenters. The van der Waals surface area contributed by atoms with Crippen LogP contribution in [0.4, 0.5) is 13.2 Å². The number of hydrogen-bond donors (Lipinski definition) is 1. The summed E-state index contributed by atoms with van der Waals surface area (Å²) in [6, 6.07) is 4.96. The van der Waals surface area contributed by atoms with E-state index in [4.69, 9.17) is 5.21 Å². The van der Waals surface area contributed by atoms with E-state index in [0.717, 1.165) is 6.07 Å². The fourth-order valence-corrected chi connectivity index (χ4v) is 1.10. The first-order valence-corrected chi connectivity index (χ1v) is 3.82. The van der Waals surface area contributed by atoms with E-state index >= 15 is 0 Å². The lowest BCUT2D eigenvalue weighted by Crippen LogP contribution is -2.11. The van der Waals surface area contributed by atoms with Crippen molar-refractivity contribution in [3.8, 4) is 0 Å². The van der Waals surface area contributed by atoms with Crippen molar-refractivity contribution < 1.29 is 18.4 Å². The number of rotatable bonds is 1. The molecule has 0 fully saturated rings. The first-order chi connectivity index (χ1) is 6.46. The van der Waals surface area contributed by atoms with Crippen LogP contribution in [0.25, 0.3) is 0 Å². The van der Waals surface area contributed by atoms with E-state index < -0.39 is 11.7 Å². The molecular weight excluding hydrogens is 195 g/mol. The molecule has 0 unspecified atom stereocenters. The maximum absolute atomic E-state index is 12.4. The molecule has 0 saturated heterocycles. The molecule has 0 bridgehead atoms. The molecule has 0 amide bonds. The van der Waals surface area contributed by atoms with Gasteiger partial charge in [0.2, 0.25) is 0 Å². The summed E-state index contributed by atoms with van der Waals surface area (Å²) in [5, 5.41) is 11.1. The molecule has 1 aromatic rings. The maximum atomic E-state index is 12.4. The molecular formula is C9H8F3NO. The number of oxime groups is 1. The van der Waals surface area contributed by atoms with E-state index in [2.05, 4.69) is 5.16 Å². The Morgan fingerprint density at radius 1 is 1.29 bits per heavy atom. The van der Waals surface area contributed by atoms with Crippen molar-refractivity contribution in [3.63, 3.8) is 0 Å². The van der Waals surface area contributed by atoms with Gasteiger partial charge < -0.3 is 5.21 Å². The summed E-state index contributed by atoms with van der Waals surface area (Å²) in [6.45, 7) is 1.31. The molecule has 0 radical (unpaired) electrons. The van der Waals surface area contributed by atoms with Gasteiger partial charge in [0.05, 0.1) is 11.3 Å². The second-order valence-corrected chi connectivity index (χ2v) is 2.73. The molecule has 0 saturated carbocycles. The molecule has 1 N–H and O–H groups in total. The monoisotopic (exact) mass is 203 g/mol. The van der Waals surface area contributed by atoms with Gasteiger partial charge in [0, 0.05) is 5.56 Å². The van der Waals surface area contributed by atoms with E-state index in [1.807, 2.05) is 0 Å². The highest BCUT2D eigenvalue weighted by atomic mass is 19.4. The summed E-state index contributed by atoms with van der Waals surface area (Å²) in [5.74, 6) is 0. The Labute approximate surface area is 78.7 Å². The SMILES string of the molecule is C/C(=N\O)c1ccccc1C(F)(F)F. The lowest BCUT2D eigenvalue weighted by atomic mass is 10.0. The summed E-state index contributed by atoms with van der Waals surface area (Å²) < 4.78 is 37.2. The number of halogens is 3. The molecule has 0 aliphatic carbocycles. The van der Waals surface area contributed by atoms with Crippen molar-refractivity contribution in [3.05, 3.63) is 35.4 Å². The largest absolute Gasteiger partial charge is 0.417 e. The van der Waals surface area contributed by atoms with Gasteiger partial charge in [0.15, 0.2) is 0 Å². The summed E-state index contributed by atoms with van der Waals surface area (Å²) in [5.41, 5.74) is -0.962. The van der Waals surface area contributed by atoms with Crippen LogP contribution in [0, 0.1) is 0 Å². The molecule has 5 heteroatoms. The summed E-state index contributed by atoms with van der Waals surface area (Å²) in [4.78, 5) is 0. The van der Waals surface area contributed by atoms with E-state index in [-0.39, 0.29) is 11.3 Å². The standard InChI is InChI=1S/C9H8F3NO/c1-6(13-14)7-4-2-3-5-8(7)9(10,11)12/h2-5,14H,1H3/b13-6+. The fourth-order valence-electron chi connectivity index (χ4n) is 1.10. The van der Waals surface area contributed by atoms with Crippen molar-refractivity contribution in [2.45, 2.75) is 13.1 Å². The predicted molar refractivity (Wildman–Crippen MR) is 45.4 cm³/mol. The van der Waals surface area contributed by atoms with E-state index in [1.54, 1.807) is 0 Å². The van der Waals surface area contributed by atoms with Crippen LogP contribution in [0.5, 0.6) is 0 Å². The number of benzene rings is 1. The molecule has 1 rings (SSSR count). The molecule has 76 valence electrons. The molecule has 1 aromatic carbocycles. The summed E-state index contributed by atoms with van der Waals surface area (Å²) in [6.07, 6.45) is -4.43. The van der Waals surface area contributed by atoms with Crippen molar-refractivity contribution in [2.75, 3.05) is 0 Å². The smallest absolute Gasteiger partial charge is 0.411 e. The second-order valence-electron chi connectivity index (χ2n) is 2.73. The lowest BCUT2D eigenvalue weighted by molar-refractivity contribution is -0.137. The van der Waals surface area contributed by atoms with E-state index in [0.29, 0.717) is 0 Å². The highest BCUT2D eigenvalue weighted by Crippen LogP contribution is 2.31. The van der Waals surface area contributed by atoms with Crippen molar-refractivity contribution in [1.29, 1.82) is 0 Å². The maximum Gasteiger partial charge on any atom is 0.417 e. The Morgan fingerprint density at radius 2 is 1.86 bits per heavy atom. The van der Waals surface area contributed by atoms with Gasteiger partial charge in [-0.2, -0.15) is 13.2 Å². The van der Waals surface area contributed by atoms with E-state index in [1.165, 1.54) is 25.1 Å². The van der Waals surface area contributed by atoms with Crippen LogP contribution in [0.2, 0.25) is 0 Å². The first-order valence-electron chi connectivity index (χ1n) is 3.82. The van der Waals surface area contributed by atoms with Gasteiger partial charge in [0.25, 0.3) is 0 Å². The van der Waals surface area contributed by atoms with Crippen molar-refractivity contribution in [2.24, 2.45) is 5.16 Å². The van der Waals surface area contributed by atoms with Crippen LogP contribution in [0.15, 0.2) is 29.4 Å². The van der Waals surface area contributed by atoms with Crippen LogP contribution in [-0.2, 0) is 6.18 Å². The van der Waals surface area contributed by atoms with Gasteiger partial charge >= 0.3 is 6.18 Å². The van der Waals surface area contributed by atoms with Crippen LogP contribution < -0.4 is 0 Å². The third-order valence-corrected chi connectivity index (χ3v) is 1.77. The Balaban J connectivity index is 3.31. The fraction of sp³-hybridized carbons (Fsp3) is 0.222. The zero-order valence-corrected chi connectivity index (χ0v) is 7.34. The van der Waals surface area contributed by atoms with Gasteiger partial charge in [-0.15, -0.1) is 0 Å². The van der Waals surface area contributed by atoms with Crippen LogP contribution >= 0.6 is 0 Å². The Bertz CT molecular complexity index is 357. The normalized spacial score (nSPS) is 13.0. The average molecular weight is 203 g/mol. The van der Waals surface area contributed by atoms with Gasteiger partial charge in [-0.25, -0.2) is 0 Å². The third kappa shape index (κ3) is 2.04. The van der Waals surface area contributed by atoms with Gasteiger partial charge in [0.1, 0.15) is 0 Å². The van der Waals surface area contributed by atoms with Gasteiger partial charge in [-0.05, 0) is 13.0 Å². The average Bonchev–Trinajstić information content (AvgIpc) is 2.15. The number of alkyl halides is 3. The van der Waals surface area contributed by atoms with Crippen molar-refractivity contribution >= 4 is 5.71 Å². The molecule has 0 heterocycles. The first kappa shape index (κ1) is 10.6. The second kappa shape index (κ2) is 3.69. The summed E-state index contributed by atoms with van der Waals surface area (Å²) in [7, 11) is 0. The van der Waals surface area contributed by atoms with Crippen LogP contribution in [0.1, 0.15) is 18.1 Å². The lowest BCUT2D eigenvalue weighted by Gasteiger charge is -2.10. The highest BCUT2D eigenvalue weighted by molar-refractivity contribution is 5.99. The highest BCUT2D eigenvalue weighted by Gasteiger charge is 2.33. The molecule has 0 aliphatic heterocycles. The minimum Gasteiger partial charge on any atom is -0.411 e. The molecule has 2 nitrogen and oxygen atoms in total. The van der Waals surface area contributed by atoms with Crippen LogP contribution in [0.3, 0.4) is 0 Å². The zero-order valence-electron chi connectivity index (χ0n) is 7.34. The topological polar surface area (TPSA) is 32.6 Å². The molecule has 14 heavy (non-hydrogen) atoms.